The summed E-state index contributed by atoms with van der Waals surface area (Å²) in [6.07, 6.45) is 15.9. The van der Waals surface area contributed by atoms with Crippen molar-refractivity contribution in [1.29, 1.82) is 0 Å². The molecule has 0 spiro atoms. The first-order valence-corrected chi connectivity index (χ1v) is 19.8. The second kappa shape index (κ2) is 14.3. The Bertz CT molecular complexity index is 2480. The Hall–Kier alpha value is -6.12. The molecule has 3 aliphatic rings. The average molecular weight is 713 g/mol. The number of rotatable bonds is 8. The minimum absolute atomic E-state index is 0.114. The predicted octanol–water partition coefficient (Wildman–Crippen LogP) is 14.5. The molecule has 2 heteroatoms. The van der Waals surface area contributed by atoms with Gasteiger partial charge in [-0.3, -0.25) is 0 Å². The maximum absolute atomic E-state index is 2.48. The van der Waals surface area contributed by atoms with Crippen LogP contribution in [-0.4, -0.2) is 0 Å². The van der Waals surface area contributed by atoms with Gasteiger partial charge in [-0.05, 0) is 168 Å². The number of para-hydroxylation sites is 3. The summed E-state index contributed by atoms with van der Waals surface area (Å²) in [5.74, 6) is 0. The lowest BCUT2D eigenvalue weighted by molar-refractivity contribution is 0.660. The van der Waals surface area contributed by atoms with Crippen LogP contribution in [0, 0.1) is 13.8 Å². The van der Waals surface area contributed by atoms with Gasteiger partial charge in [-0.25, -0.2) is 0 Å². The summed E-state index contributed by atoms with van der Waals surface area (Å²) in [6.45, 7) is 9.31. The lowest BCUT2D eigenvalue weighted by atomic mass is 9.80. The summed E-state index contributed by atoms with van der Waals surface area (Å²) in [5.41, 5.74) is 20.6. The molecule has 0 amide bonds. The molecule has 55 heavy (non-hydrogen) atoms. The van der Waals surface area contributed by atoms with Gasteiger partial charge in [-0.15, -0.1) is 0 Å². The number of hydrogen-bond donors (Lipinski definition) is 0. The first-order chi connectivity index (χ1) is 26.9. The van der Waals surface area contributed by atoms with Crippen LogP contribution in [0.1, 0.15) is 67.3 Å². The van der Waals surface area contributed by atoms with E-state index in [1.807, 2.05) is 0 Å². The highest BCUT2D eigenvalue weighted by atomic mass is 15.2. The van der Waals surface area contributed by atoms with Gasteiger partial charge in [0.05, 0.1) is 0 Å². The minimum atomic E-state index is -0.114. The van der Waals surface area contributed by atoms with Crippen molar-refractivity contribution < 1.29 is 0 Å². The maximum Gasteiger partial charge on any atom is 0.0493 e. The molecule has 0 saturated carbocycles. The zero-order valence-electron chi connectivity index (χ0n) is 32.4. The number of hydrogen-bond acceptors (Lipinski definition) is 2. The predicted molar refractivity (Wildman–Crippen MR) is 234 cm³/mol. The van der Waals surface area contributed by atoms with Crippen LogP contribution in [0.15, 0.2) is 181 Å². The third-order valence-electron chi connectivity index (χ3n) is 11.8. The Kier molecular flexibility index (Phi) is 8.98. The zero-order chi connectivity index (χ0) is 37.5. The topological polar surface area (TPSA) is 6.48 Å². The number of benzene rings is 6. The second-order valence-electron chi connectivity index (χ2n) is 15.7. The number of fused-ring (bicyclic) bond motifs is 3. The lowest BCUT2D eigenvalue weighted by Gasteiger charge is -2.31. The van der Waals surface area contributed by atoms with Crippen molar-refractivity contribution in [2.45, 2.75) is 58.8 Å². The maximum atomic E-state index is 2.48. The van der Waals surface area contributed by atoms with Gasteiger partial charge >= 0.3 is 0 Å². The molecular formula is C53H48N2. The summed E-state index contributed by atoms with van der Waals surface area (Å²) in [6, 6.07) is 51.3. The minimum Gasteiger partial charge on any atom is -0.315 e. The summed E-state index contributed by atoms with van der Waals surface area (Å²) in [7, 11) is 0. The standard InChI is InChI=1S/C53H48N2/c1-37-34-52(55(44-21-13-7-14-22-44)45-23-15-8-16-24-45)38(2)33-49(37)41-28-32-48-47-31-27-40(35-50(47)53(3,4)51(48)36-41)39-25-29-46(30-26-39)54(42-17-9-5-10-18-42)43-19-11-6-12-20-43/h5,7-11,13-25,27-29,31-36H,6,12,26,30H2,1-4H3. The third kappa shape index (κ3) is 6.36. The smallest absolute Gasteiger partial charge is 0.0493 e. The quantitative estimate of drug-likeness (QED) is 0.155. The summed E-state index contributed by atoms with van der Waals surface area (Å²) in [5, 5.41) is 0. The van der Waals surface area contributed by atoms with Crippen LogP contribution in [0.25, 0.3) is 27.8 Å². The number of nitrogens with zero attached hydrogens (tertiary/aromatic N) is 2. The Balaban J connectivity index is 1.03. The molecule has 0 radical (unpaired) electrons. The largest absolute Gasteiger partial charge is 0.315 e. The van der Waals surface area contributed by atoms with Gasteiger partial charge in [-0.2, -0.15) is 0 Å². The highest BCUT2D eigenvalue weighted by Crippen LogP contribution is 2.51. The van der Waals surface area contributed by atoms with E-state index in [-0.39, 0.29) is 5.41 Å². The Labute approximate surface area is 327 Å². The SMILES string of the molecule is Cc1cc(N(c2ccccc2)c2ccccc2)c(C)cc1-c1ccc2c(c1)C(C)(C)c1cc(C3=CC=C(N(C4=CCCC=C4)c4ccccc4)CC3)ccc1-2. The molecule has 0 fully saturated rings. The van der Waals surface area contributed by atoms with E-state index in [4.69, 9.17) is 0 Å². The Morgan fingerprint density at radius 1 is 0.509 bits per heavy atom. The first-order valence-electron chi connectivity index (χ1n) is 19.8. The van der Waals surface area contributed by atoms with Crippen LogP contribution in [0.3, 0.4) is 0 Å². The van der Waals surface area contributed by atoms with Gasteiger partial charge in [0.1, 0.15) is 0 Å². The van der Waals surface area contributed by atoms with Crippen molar-refractivity contribution in [3.63, 3.8) is 0 Å². The highest BCUT2D eigenvalue weighted by molar-refractivity contribution is 5.87. The van der Waals surface area contributed by atoms with Crippen molar-refractivity contribution in [2.75, 3.05) is 9.80 Å². The van der Waals surface area contributed by atoms with E-state index in [1.54, 1.807) is 0 Å². The molecule has 0 saturated heterocycles. The fourth-order valence-electron chi connectivity index (χ4n) is 8.92. The summed E-state index contributed by atoms with van der Waals surface area (Å²) >= 11 is 0. The van der Waals surface area contributed by atoms with Gasteiger partial charge < -0.3 is 9.80 Å². The van der Waals surface area contributed by atoms with Crippen LogP contribution in [0.5, 0.6) is 0 Å². The summed E-state index contributed by atoms with van der Waals surface area (Å²) in [4.78, 5) is 4.82. The van der Waals surface area contributed by atoms with E-state index in [1.165, 1.54) is 78.4 Å². The zero-order valence-corrected chi connectivity index (χ0v) is 32.4. The molecule has 0 unspecified atom stereocenters. The molecule has 3 aliphatic carbocycles. The van der Waals surface area contributed by atoms with Gasteiger partial charge in [-0.1, -0.05) is 111 Å². The molecule has 270 valence electrons. The van der Waals surface area contributed by atoms with E-state index in [0.717, 1.165) is 37.1 Å². The van der Waals surface area contributed by atoms with Crippen LogP contribution in [-0.2, 0) is 5.41 Å². The van der Waals surface area contributed by atoms with Crippen molar-refractivity contribution >= 4 is 28.3 Å². The monoisotopic (exact) mass is 712 g/mol. The molecule has 0 aliphatic heterocycles. The molecule has 2 nitrogen and oxygen atoms in total. The van der Waals surface area contributed by atoms with E-state index in [9.17, 15) is 0 Å². The van der Waals surface area contributed by atoms with Crippen LogP contribution < -0.4 is 9.80 Å². The first kappa shape index (κ1) is 34.6. The normalized spacial score (nSPS) is 15.4. The molecule has 6 aromatic carbocycles. The Morgan fingerprint density at radius 3 is 1.65 bits per heavy atom. The number of anilines is 4. The van der Waals surface area contributed by atoms with Crippen molar-refractivity contribution in [3.8, 4) is 22.3 Å². The highest BCUT2D eigenvalue weighted by Gasteiger charge is 2.36. The van der Waals surface area contributed by atoms with E-state index in [2.05, 4.69) is 207 Å². The lowest BCUT2D eigenvalue weighted by Crippen LogP contribution is -2.22. The van der Waals surface area contributed by atoms with Gasteiger partial charge in [0.15, 0.2) is 0 Å². The van der Waals surface area contributed by atoms with Crippen LogP contribution >= 0.6 is 0 Å². The molecule has 0 atom stereocenters. The molecule has 0 heterocycles. The Morgan fingerprint density at radius 2 is 1.09 bits per heavy atom. The van der Waals surface area contributed by atoms with Crippen molar-refractivity contribution in [2.24, 2.45) is 0 Å². The van der Waals surface area contributed by atoms with Gasteiger partial charge in [0.2, 0.25) is 0 Å². The average Bonchev–Trinajstić information content (AvgIpc) is 3.46. The van der Waals surface area contributed by atoms with Gasteiger partial charge in [0, 0.05) is 39.6 Å². The molecule has 6 aromatic rings. The van der Waals surface area contributed by atoms with E-state index >= 15 is 0 Å². The third-order valence-corrected chi connectivity index (χ3v) is 11.8. The summed E-state index contributed by atoms with van der Waals surface area (Å²) < 4.78 is 0. The number of allylic oxidation sites excluding steroid dienone is 7. The molecule has 9 rings (SSSR count). The van der Waals surface area contributed by atoms with Gasteiger partial charge in [0.25, 0.3) is 0 Å². The fraction of sp³-hybridized carbons (Fsp3) is 0.170. The second-order valence-corrected chi connectivity index (χ2v) is 15.7. The molecule has 0 N–H and O–H groups in total. The van der Waals surface area contributed by atoms with Crippen molar-refractivity contribution in [3.05, 3.63) is 209 Å². The fourth-order valence-corrected chi connectivity index (χ4v) is 8.92. The molecular weight excluding hydrogens is 665 g/mol. The van der Waals surface area contributed by atoms with Crippen LogP contribution in [0.4, 0.5) is 22.7 Å². The van der Waals surface area contributed by atoms with E-state index < -0.39 is 0 Å². The van der Waals surface area contributed by atoms with Crippen molar-refractivity contribution in [1.82, 2.24) is 0 Å². The van der Waals surface area contributed by atoms with E-state index in [0.29, 0.717) is 0 Å². The number of aryl methyl sites for hydroxylation is 2. The van der Waals surface area contributed by atoms with Crippen LogP contribution in [0.2, 0.25) is 0 Å². The molecule has 0 bridgehead atoms. The molecule has 0 aromatic heterocycles.